The van der Waals surface area contributed by atoms with Gasteiger partial charge in [-0.3, -0.25) is 0 Å². The topological polar surface area (TPSA) is 57.0 Å². The summed E-state index contributed by atoms with van der Waals surface area (Å²) in [5, 5.41) is 0.140. The summed E-state index contributed by atoms with van der Waals surface area (Å²) >= 11 is 0. The zero-order valence-corrected chi connectivity index (χ0v) is 14.4. The van der Waals surface area contributed by atoms with Gasteiger partial charge in [-0.1, -0.05) is 52.4 Å². The normalized spacial score (nSPS) is 10.6. The van der Waals surface area contributed by atoms with Gasteiger partial charge in [-0.05, 0) is 12.8 Å². The summed E-state index contributed by atoms with van der Waals surface area (Å²) in [5.41, 5.74) is 0. The van der Waals surface area contributed by atoms with Crippen LogP contribution in [0.3, 0.4) is 0 Å². The molecular formula is C16H34NO5+. The van der Waals surface area contributed by atoms with Crippen LogP contribution in [0.2, 0.25) is 0 Å². The van der Waals surface area contributed by atoms with Crippen LogP contribution in [0, 0.1) is 4.91 Å². The molecule has 0 aliphatic heterocycles. The molecule has 0 amide bonds. The minimum absolute atomic E-state index is 0.140. The quantitative estimate of drug-likeness (QED) is 0.284. The maximum Gasteiger partial charge on any atom is 0.477 e. The molecule has 0 N–H and O–H groups in total. The second kappa shape index (κ2) is 18.2. The van der Waals surface area contributed by atoms with E-state index in [0.29, 0.717) is 13.2 Å². The number of unbranched alkanes of at least 4 members (excludes halogenated alkanes) is 6. The Morgan fingerprint density at radius 1 is 0.591 bits per heavy atom. The van der Waals surface area contributed by atoms with Crippen LogP contribution in [0.15, 0.2) is 0 Å². The maximum absolute atomic E-state index is 11.2. The third kappa shape index (κ3) is 17.2. The monoisotopic (exact) mass is 320 g/mol. The van der Waals surface area contributed by atoms with Gasteiger partial charge in [0.15, 0.2) is 13.2 Å². The highest BCUT2D eigenvalue weighted by Crippen LogP contribution is 1.99. The molecule has 0 aromatic rings. The first kappa shape index (κ1) is 21.1. The van der Waals surface area contributed by atoms with Crippen molar-refractivity contribution in [1.82, 2.24) is 0 Å². The minimum atomic E-state index is 0.140. The van der Waals surface area contributed by atoms with Gasteiger partial charge in [-0.2, -0.15) is 9.68 Å². The Bertz CT molecular complexity index is 217. The lowest BCUT2D eigenvalue weighted by Crippen LogP contribution is -2.17. The van der Waals surface area contributed by atoms with Crippen LogP contribution in [0.4, 0.5) is 0 Å². The highest BCUT2D eigenvalue weighted by atomic mass is 17.0. The maximum atomic E-state index is 11.2. The molecule has 0 aromatic carbocycles. The molecular weight excluding hydrogens is 286 g/mol. The number of hydrogen-bond donors (Lipinski definition) is 0. The van der Waals surface area contributed by atoms with E-state index < -0.39 is 0 Å². The Labute approximate surface area is 134 Å². The molecule has 0 saturated carbocycles. The summed E-state index contributed by atoms with van der Waals surface area (Å²) in [6, 6.07) is 0. The molecule has 6 nitrogen and oxygen atoms in total. The van der Waals surface area contributed by atoms with Crippen molar-refractivity contribution in [3.05, 3.63) is 4.91 Å². The van der Waals surface area contributed by atoms with E-state index in [1.807, 2.05) is 0 Å². The largest absolute Gasteiger partial charge is 0.477 e. The molecule has 0 saturated heterocycles. The third-order valence-electron chi connectivity index (χ3n) is 3.13. The Hall–Kier alpha value is -0.880. The van der Waals surface area contributed by atoms with Gasteiger partial charge < -0.3 is 9.47 Å². The number of ether oxygens (including phenoxy) is 2. The lowest BCUT2D eigenvalue weighted by molar-refractivity contribution is -0.981. The van der Waals surface area contributed by atoms with Crippen molar-refractivity contribution in [2.75, 3.05) is 39.6 Å². The molecule has 22 heavy (non-hydrogen) atoms. The van der Waals surface area contributed by atoms with Crippen molar-refractivity contribution in [2.45, 2.75) is 65.2 Å². The predicted octanol–water partition coefficient (Wildman–Crippen LogP) is 3.82. The Morgan fingerprint density at radius 3 is 1.45 bits per heavy atom. The van der Waals surface area contributed by atoms with Crippen molar-refractivity contribution in [1.29, 1.82) is 0 Å². The van der Waals surface area contributed by atoms with Crippen molar-refractivity contribution in [3.8, 4) is 0 Å². The van der Waals surface area contributed by atoms with E-state index in [1.165, 1.54) is 38.5 Å². The standard InChI is InChI=1S/C16H34NO5/c1-3-5-7-9-11-19-13-15-21-17(18)22-16-14-20-12-10-8-6-4-2/h3-16H2,1-2H3/q+1. The summed E-state index contributed by atoms with van der Waals surface area (Å²) in [6.45, 7) is 7.00. The van der Waals surface area contributed by atoms with Crippen LogP contribution in [-0.2, 0) is 19.1 Å². The fourth-order valence-corrected chi connectivity index (χ4v) is 1.84. The number of nitrogens with zero attached hydrogens (tertiary/aromatic N) is 1. The van der Waals surface area contributed by atoms with Crippen LogP contribution in [0.5, 0.6) is 0 Å². The van der Waals surface area contributed by atoms with E-state index in [0.717, 1.165) is 26.1 Å². The Balaban J connectivity index is 3.13. The summed E-state index contributed by atoms with van der Waals surface area (Å²) in [5.74, 6) is 0. The molecule has 0 atom stereocenters. The third-order valence-corrected chi connectivity index (χ3v) is 3.13. The smallest absolute Gasteiger partial charge is 0.378 e. The minimum Gasteiger partial charge on any atom is -0.378 e. The van der Waals surface area contributed by atoms with Gasteiger partial charge >= 0.3 is 5.09 Å². The van der Waals surface area contributed by atoms with Crippen molar-refractivity contribution in [3.63, 3.8) is 0 Å². The summed E-state index contributed by atoms with van der Waals surface area (Å²) < 4.78 is 10.7. The highest BCUT2D eigenvalue weighted by molar-refractivity contribution is 4.39. The van der Waals surface area contributed by atoms with Crippen LogP contribution >= 0.6 is 0 Å². The molecule has 0 aliphatic carbocycles. The lowest BCUT2D eigenvalue weighted by atomic mass is 10.2. The van der Waals surface area contributed by atoms with E-state index in [-0.39, 0.29) is 18.3 Å². The van der Waals surface area contributed by atoms with Crippen molar-refractivity contribution >= 4 is 0 Å². The highest BCUT2D eigenvalue weighted by Gasteiger charge is 2.11. The molecule has 0 unspecified atom stereocenters. The van der Waals surface area contributed by atoms with Gasteiger partial charge in [-0.25, -0.2) is 0 Å². The molecule has 0 aromatic heterocycles. The first-order valence-corrected chi connectivity index (χ1v) is 8.69. The zero-order chi connectivity index (χ0) is 16.3. The molecule has 0 aliphatic rings. The first-order chi connectivity index (χ1) is 10.8. The van der Waals surface area contributed by atoms with Gasteiger partial charge in [0.05, 0.1) is 13.2 Å². The second-order valence-electron chi connectivity index (χ2n) is 5.24. The summed E-state index contributed by atoms with van der Waals surface area (Å²) in [4.78, 5) is 20.8. The van der Waals surface area contributed by atoms with Crippen LogP contribution < -0.4 is 0 Å². The second-order valence-corrected chi connectivity index (χ2v) is 5.24. The fraction of sp³-hybridized carbons (Fsp3) is 1.00. The van der Waals surface area contributed by atoms with Gasteiger partial charge in [0.2, 0.25) is 0 Å². The van der Waals surface area contributed by atoms with E-state index in [9.17, 15) is 4.91 Å². The number of rotatable bonds is 18. The van der Waals surface area contributed by atoms with E-state index in [4.69, 9.17) is 19.1 Å². The van der Waals surface area contributed by atoms with Crippen LogP contribution in [-0.4, -0.2) is 44.7 Å². The molecule has 0 rings (SSSR count). The average Bonchev–Trinajstić information content (AvgIpc) is 2.52. The molecule has 6 heteroatoms. The van der Waals surface area contributed by atoms with Gasteiger partial charge in [-0.15, -0.1) is 0 Å². The van der Waals surface area contributed by atoms with Crippen molar-refractivity contribution < 1.29 is 24.2 Å². The predicted molar refractivity (Wildman–Crippen MR) is 85.5 cm³/mol. The van der Waals surface area contributed by atoms with Gasteiger partial charge in [0.1, 0.15) is 4.91 Å². The fourth-order valence-electron chi connectivity index (χ4n) is 1.84. The Morgan fingerprint density at radius 2 is 1.05 bits per heavy atom. The molecule has 132 valence electrons. The molecule has 0 spiro atoms. The number of hydrogen-bond acceptors (Lipinski definition) is 5. The lowest BCUT2D eigenvalue weighted by Gasteiger charge is -2.02. The SMILES string of the molecule is CCCCCCOCCO[N+](=O)OCCOCCCCCC. The molecule has 0 radical (unpaired) electrons. The van der Waals surface area contributed by atoms with Crippen LogP contribution in [0.1, 0.15) is 65.2 Å². The Kier molecular flexibility index (Phi) is 17.4. The van der Waals surface area contributed by atoms with Crippen LogP contribution in [0.25, 0.3) is 0 Å². The van der Waals surface area contributed by atoms with E-state index >= 15 is 0 Å². The molecule has 0 heterocycles. The van der Waals surface area contributed by atoms with Gasteiger partial charge in [0.25, 0.3) is 0 Å². The molecule has 0 fully saturated rings. The summed E-state index contributed by atoms with van der Waals surface area (Å²) in [7, 11) is 0. The average molecular weight is 320 g/mol. The van der Waals surface area contributed by atoms with Gasteiger partial charge in [0, 0.05) is 13.2 Å². The zero-order valence-electron chi connectivity index (χ0n) is 14.4. The molecule has 0 bridgehead atoms. The van der Waals surface area contributed by atoms with E-state index in [1.54, 1.807) is 0 Å². The van der Waals surface area contributed by atoms with E-state index in [2.05, 4.69) is 13.8 Å². The summed E-state index contributed by atoms with van der Waals surface area (Å²) in [6.07, 6.45) is 9.40. The first-order valence-electron chi connectivity index (χ1n) is 8.69. The van der Waals surface area contributed by atoms with Crippen molar-refractivity contribution in [2.24, 2.45) is 0 Å².